The Labute approximate surface area is 162 Å². The summed E-state index contributed by atoms with van der Waals surface area (Å²) in [4.78, 5) is 18.8. The molecule has 1 amide bonds. The minimum Gasteiger partial charge on any atom is -0.356 e. The zero-order chi connectivity index (χ0) is 17.9. The highest BCUT2D eigenvalue weighted by Crippen LogP contribution is 2.29. The maximum atomic E-state index is 11.8. The number of piperidine rings is 1. The predicted octanol–water partition coefficient (Wildman–Crippen LogP) is 3.52. The number of nitrogens with one attached hydrogen (secondary N) is 1. The van der Waals surface area contributed by atoms with Crippen molar-refractivity contribution in [3.8, 4) is 0 Å². The van der Waals surface area contributed by atoms with Crippen LogP contribution in [0, 0.1) is 11.8 Å². The molecule has 1 aromatic carbocycles. The summed E-state index contributed by atoms with van der Waals surface area (Å²) in [5.74, 6) is 2.00. The smallest absolute Gasteiger partial charge is 0.223 e. The molecule has 7 heteroatoms. The third-order valence-electron chi connectivity index (χ3n) is 5.13. The first kappa shape index (κ1) is 17.7. The quantitative estimate of drug-likeness (QED) is 0.819. The van der Waals surface area contributed by atoms with Crippen LogP contribution in [-0.4, -0.2) is 34.9 Å². The summed E-state index contributed by atoms with van der Waals surface area (Å²) in [5.41, 5.74) is 1.17. The maximum Gasteiger partial charge on any atom is 0.223 e. The molecule has 1 N–H and O–H groups in total. The molecule has 138 valence electrons. The molecular formula is C19H23ClN4OS. The van der Waals surface area contributed by atoms with E-state index in [1.54, 1.807) is 0 Å². The minimum atomic E-state index is 0.253. The lowest BCUT2D eigenvalue weighted by atomic mass is 9.97. The monoisotopic (exact) mass is 390 g/mol. The van der Waals surface area contributed by atoms with Crippen LogP contribution in [0.5, 0.6) is 0 Å². The van der Waals surface area contributed by atoms with Crippen LogP contribution in [0.2, 0.25) is 5.02 Å². The van der Waals surface area contributed by atoms with Gasteiger partial charge >= 0.3 is 0 Å². The van der Waals surface area contributed by atoms with Crippen molar-refractivity contribution in [3.05, 3.63) is 40.7 Å². The number of carbonyl (C=O) groups is 1. The lowest BCUT2D eigenvalue weighted by Crippen LogP contribution is -2.39. The van der Waals surface area contributed by atoms with Crippen molar-refractivity contribution < 1.29 is 4.79 Å². The number of carbonyl (C=O) groups excluding carboxylic acids is 1. The Morgan fingerprint density at radius 1 is 1.19 bits per heavy atom. The van der Waals surface area contributed by atoms with Crippen molar-refractivity contribution in [2.45, 2.75) is 32.1 Å². The maximum absolute atomic E-state index is 11.8. The summed E-state index contributed by atoms with van der Waals surface area (Å²) in [6.45, 7) is 2.79. The number of hydrogen-bond donors (Lipinski definition) is 1. The Morgan fingerprint density at radius 2 is 1.92 bits per heavy atom. The molecule has 0 atom stereocenters. The molecule has 1 aliphatic heterocycles. The Hall–Kier alpha value is -1.66. The van der Waals surface area contributed by atoms with E-state index in [1.807, 2.05) is 24.3 Å². The molecule has 2 heterocycles. The number of hydrogen-bond acceptors (Lipinski definition) is 5. The van der Waals surface area contributed by atoms with Gasteiger partial charge in [0.25, 0.3) is 0 Å². The highest BCUT2D eigenvalue weighted by atomic mass is 35.5. The van der Waals surface area contributed by atoms with Gasteiger partial charge in [-0.25, -0.2) is 4.98 Å². The van der Waals surface area contributed by atoms with Crippen molar-refractivity contribution in [2.24, 2.45) is 11.8 Å². The lowest BCUT2D eigenvalue weighted by molar-refractivity contribution is -0.122. The molecule has 0 spiro atoms. The van der Waals surface area contributed by atoms with E-state index in [9.17, 15) is 4.79 Å². The summed E-state index contributed by atoms with van der Waals surface area (Å²) < 4.78 is 4.51. The number of anilines is 1. The predicted molar refractivity (Wildman–Crippen MR) is 105 cm³/mol. The van der Waals surface area contributed by atoms with Crippen LogP contribution >= 0.6 is 23.1 Å². The molecule has 2 fully saturated rings. The molecule has 0 bridgehead atoms. The van der Waals surface area contributed by atoms with Gasteiger partial charge in [-0.1, -0.05) is 23.7 Å². The van der Waals surface area contributed by atoms with E-state index < -0.39 is 0 Å². The summed E-state index contributed by atoms with van der Waals surface area (Å²) in [6.07, 6.45) is 5.06. The third-order valence-corrected chi connectivity index (χ3v) is 6.20. The van der Waals surface area contributed by atoms with Crippen molar-refractivity contribution in [2.75, 3.05) is 24.5 Å². The molecule has 26 heavy (non-hydrogen) atoms. The van der Waals surface area contributed by atoms with Crippen molar-refractivity contribution >= 4 is 34.2 Å². The average molecular weight is 391 g/mol. The molecule has 1 aromatic heterocycles. The molecular weight excluding hydrogens is 368 g/mol. The fourth-order valence-corrected chi connectivity index (χ4v) is 4.16. The highest BCUT2D eigenvalue weighted by Gasteiger charge is 2.30. The summed E-state index contributed by atoms with van der Waals surface area (Å²) >= 11 is 7.41. The van der Waals surface area contributed by atoms with Gasteiger partial charge in [-0.05, 0) is 49.3 Å². The topological polar surface area (TPSA) is 58.1 Å². The second-order valence-electron chi connectivity index (χ2n) is 7.25. The SMILES string of the molecule is O=C(NCC1CCN(c2nc(Cc3ccc(Cl)cc3)ns2)CC1)C1CC1. The first-order valence-corrected chi connectivity index (χ1v) is 10.4. The largest absolute Gasteiger partial charge is 0.356 e. The van der Waals surface area contributed by atoms with Crippen LogP contribution in [0.1, 0.15) is 37.1 Å². The Morgan fingerprint density at radius 3 is 2.62 bits per heavy atom. The summed E-state index contributed by atoms with van der Waals surface area (Å²) in [6, 6.07) is 7.84. The van der Waals surface area contributed by atoms with E-state index in [-0.39, 0.29) is 5.91 Å². The Bertz CT molecular complexity index is 751. The second-order valence-corrected chi connectivity index (χ2v) is 8.41. The molecule has 1 saturated carbocycles. The molecule has 2 aliphatic rings. The fraction of sp³-hybridized carbons (Fsp3) is 0.526. The van der Waals surface area contributed by atoms with E-state index in [0.29, 0.717) is 11.8 Å². The second kappa shape index (κ2) is 7.92. The minimum absolute atomic E-state index is 0.253. The summed E-state index contributed by atoms with van der Waals surface area (Å²) in [5, 5.41) is 4.87. The van der Waals surface area contributed by atoms with Crippen LogP contribution in [0.15, 0.2) is 24.3 Å². The Kier molecular flexibility index (Phi) is 5.41. The lowest BCUT2D eigenvalue weighted by Gasteiger charge is -2.31. The van der Waals surface area contributed by atoms with Gasteiger partial charge in [-0.2, -0.15) is 4.37 Å². The fourth-order valence-electron chi connectivity index (χ4n) is 3.29. The molecule has 0 unspecified atom stereocenters. The molecule has 4 rings (SSSR count). The number of rotatable bonds is 6. The first-order valence-electron chi connectivity index (χ1n) is 9.27. The van der Waals surface area contributed by atoms with Crippen LogP contribution in [0.25, 0.3) is 0 Å². The standard InChI is InChI=1S/C19H23ClN4OS/c20-16-5-1-13(2-6-16)11-17-22-19(26-23-17)24-9-7-14(8-10-24)12-21-18(25)15-3-4-15/h1-2,5-6,14-15H,3-4,7-12H2,(H,21,25). The molecule has 2 aromatic rings. The van der Waals surface area contributed by atoms with Gasteiger partial charge in [-0.15, -0.1) is 0 Å². The van der Waals surface area contributed by atoms with Crippen molar-refractivity contribution in [1.82, 2.24) is 14.7 Å². The van der Waals surface area contributed by atoms with Crippen LogP contribution in [-0.2, 0) is 11.2 Å². The van der Waals surface area contributed by atoms with E-state index in [1.165, 1.54) is 17.1 Å². The first-order chi connectivity index (χ1) is 12.7. The molecule has 1 saturated heterocycles. The summed E-state index contributed by atoms with van der Waals surface area (Å²) in [7, 11) is 0. The van der Waals surface area contributed by atoms with E-state index in [0.717, 1.165) is 67.7 Å². The van der Waals surface area contributed by atoms with Gasteiger partial charge in [0.15, 0.2) is 0 Å². The van der Waals surface area contributed by atoms with Gasteiger partial charge in [0.1, 0.15) is 5.82 Å². The number of aromatic nitrogens is 2. The molecule has 1 aliphatic carbocycles. The van der Waals surface area contributed by atoms with E-state index in [2.05, 4.69) is 14.6 Å². The number of amides is 1. The van der Waals surface area contributed by atoms with Gasteiger partial charge in [0.2, 0.25) is 11.0 Å². The third kappa shape index (κ3) is 4.54. The van der Waals surface area contributed by atoms with Crippen molar-refractivity contribution in [3.63, 3.8) is 0 Å². The van der Waals surface area contributed by atoms with Gasteiger partial charge in [-0.3, -0.25) is 4.79 Å². The molecule has 5 nitrogen and oxygen atoms in total. The van der Waals surface area contributed by atoms with Gasteiger partial charge < -0.3 is 10.2 Å². The number of benzene rings is 1. The van der Waals surface area contributed by atoms with Crippen LogP contribution in [0.4, 0.5) is 5.13 Å². The van der Waals surface area contributed by atoms with Gasteiger partial charge in [0.05, 0.1) is 0 Å². The van der Waals surface area contributed by atoms with Crippen LogP contribution < -0.4 is 10.2 Å². The van der Waals surface area contributed by atoms with Crippen molar-refractivity contribution in [1.29, 1.82) is 0 Å². The van der Waals surface area contributed by atoms with Gasteiger partial charge in [0, 0.05) is 48.5 Å². The zero-order valence-electron chi connectivity index (χ0n) is 14.7. The Balaban J connectivity index is 1.26. The highest BCUT2D eigenvalue weighted by molar-refractivity contribution is 7.09. The normalized spacial score (nSPS) is 18.1. The number of halogens is 1. The number of nitrogens with zero attached hydrogens (tertiary/aromatic N) is 3. The average Bonchev–Trinajstić information content (AvgIpc) is 3.42. The van der Waals surface area contributed by atoms with Crippen LogP contribution in [0.3, 0.4) is 0 Å². The van der Waals surface area contributed by atoms with E-state index in [4.69, 9.17) is 16.6 Å². The van der Waals surface area contributed by atoms with E-state index >= 15 is 0 Å². The zero-order valence-corrected chi connectivity index (χ0v) is 16.2. The molecule has 0 radical (unpaired) electrons.